The maximum absolute atomic E-state index is 14.3. The number of hydrogen-bond acceptors (Lipinski definition) is 5. The predicted molar refractivity (Wildman–Crippen MR) is 148 cm³/mol. The molecule has 11 heteroatoms. The Labute approximate surface area is 236 Å². The van der Waals surface area contributed by atoms with Crippen molar-refractivity contribution in [3.63, 3.8) is 0 Å². The third kappa shape index (κ3) is 5.32. The number of nitrogens with zero attached hydrogens (tertiary/aromatic N) is 6. The summed E-state index contributed by atoms with van der Waals surface area (Å²) in [5.74, 6) is 1.61. The van der Waals surface area contributed by atoms with Crippen LogP contribution < -0.4 is 5.69 Å². The molecule has 0 spiro atoms. The number of piperidine rings is 1. The van der Waals surface area contributed by atoms with Crippen LogP contribution >= 0.6 is 0 Å². The predicted octanol–water partition coefficient (Wildman–Crippen LogP) is 4.62. The van der Waals surface area contributed by atoms with E-state index >= 15 is 0 Å². The highest BCUT2D eigenvalue weighted by molar-refractivity contribution is 5.58. The Morgan fingerprint density at radius 3 is 2.66 bits per heavy atom. The van der Waals surface area contributed by atoms with Gasteiger partial charge in [-0.25, -0.2) is 4.79 Å². The third-order valence-corrected chi connectivity index (χ3v) is 8.81. The monoisotopic (exact) mass is 568 g/mol. The fraction of sp³-hybridized carbons (Fsp3) is 0.500. The molecule has 0 unspecified atom stereocenters. The molecule has 2 atom stereocenters. The van der Waals surface area contributed by atoms with Crippen molar-refractivity contribution in [2.24, 2.45) is 24.8 Å². The topological polar surface area (TPSA) is 80.6 Å². The maximum Gasteiger partial charge on any atom is 0.418 e. The summed E-state index contributed by atoms with van der Waals surface area (Å²) < 4.78 is 47.1. The molecule has 0 bridgehead atoms. The number of aliphatic hydroxyl groups is 1. The van der Waals surface area contributed by atoms with Gasteiger partial charge in [-0.1, -0.05) is 19.1 Å². The van der Waals surface area contributed by atoms with Crippen LogP contribution in [0.5, 0.6) is 0 Å². The second kappa shape index (κ2) is 10.8. The summed E-state index contributed by atoms with van der Waals surface area (Å²) in [7, 11) is 1.88. The number of imidazole rings is 1. The van der Waals surface area contributed by atoms with Crippen LogP contribution in [-0.2, 0) is 19.8 Å². The Kier molecular flexibility index (Phi) is 7.27. The molecule has 1 saturated heterocycles. The summed E-state index contributed by atoms with van der Waals surface area (Å²) in [4.78, 5) is 15.8. The SMILES string of the molecule is C[C@H]1CCCN(Cc2cc(C(F)(F)F)c3cn(-c4cccc([C@H](c5nncn5C)C5CC(CO)C5)c4)c(=O)n3c2)C1. The summed E-state index contributed by atoms with van der Waals surface area (Å²) in [6.45, 7) is 4.31. The van der Waals surface area contributed by atoms with Crippen LogP contribution in [0.15, 0.2) is 53.8 Å². The van der Waals surface area contributed by atoms with Gasteiger partial charge >= 0.3 is 11.9 Å². The van der Waals surface area contributed by atoms with E-state index in [2.05, 4.69) is 22.0 Å². The van der Waals surface area contributed by atoms with Gasteiger partial charge in [-0.05, 0) is 79.3 Å². The lowest BCUT2D eigenvalue weighted by Crippen LogP contribution is -2.34. The molecule has 1 aliphatic carbocycles. The number of alkyl halides is 3. The minimum atomic E-state index is -4.61. The van der Waals surface area contributed by atoms with Gasteiger partial charge in [-0.3, -0.25) is 13.9 Å². The molecule has 4 aromatic rings. The van der Waals surface area contributed by atoms with Gasteiger partial charge in [0.1, 0.15) is 12.2 Å². The number of aryl methyl sites for hydroxylation is 1. The van der Waals surface area contributed by atoms with Crippen LogP contribution in [0.1, 0.15) is 61.0 Å². The highest BCUT2D eigenvalue weighted by Gasteiger charge is 2.39. The van der Waals surface area contributed by atoms with Crippen LogP contribution in [0, 0.1) is 17.8 Å². The van der Waals surface area contributed by atoms with Gasteiger partial charge in [0.25, 0.3) is 0 Å². The number of pyridine rings is 1. The summed E-state index contributed by atoms with van der Waals surface area (Å²) in [6.07, 6.45) is 3.67. The zero-order chi connectivity index (χ0) is 28.9. The number of aromatic nitrogens is 5. The standard InChI is InChI=1S/C30H35F3N6O2/c1-19-5-4-8-37(13-19)14-21-11-25(30(31,32)33)26-16-38(29(41)39(26)15-21)24-7-3-6-22(12-24)27(23-9-20(10-23)17-40)28-35-34-18-36(28)2/h3,6-7,11-12,15-16,18-20,23,27,40H,4-5,8-10,13-14,17H2,1-2H3/t19-,20?,23?,27-/m0/s1. The van der Waals surface area contributed by atoms with E-state index in [-0.39, 0.29) is 29.9 Å². The number of fused-ring (bicyclic) bond motifs is 1. The molecule has 6 rings (SSSR count). The molecule has 1 aromatic carbocycles. The lowest BCUT2D eigenvalue weighted by Gasteiger charge is -2.39. The van der Waals surface area contributed by atoms with Crippen molar-refractivity contribution >= 4 is 5.52 Å². The molecule has 2 aliphatic rings. The van der Waals surface area contributed by atoms with Gasteiger partial charge < -0.3 is 9.67 Å². The van der Waals surface area contributed by atoms with Crippen LogP contribution in [0.2, 0.25) is 0 Å². The molecular formula is C30H35F3N6O2. The fourth-order valence-electron chi connectivity index (χ4n) is 6.71. The van der Waals surface area contributed by atoms with Gasteiger partial charge in [-0.15, -0.1) is 10.2 Å². The van der Waals surface area contributed by atoms with Gasteiger partial charge in [0.2, 0.25) is 0 Å². The maximum atomic E-state index is 14.3. The first-order valence-corrected chi connectivity index (χ1v) is 14.2. The molecule has 0 radical (unpaired) electrons. The molecule has 1 N–H and O–H groups in total. The van der Waals surface area contributed by atoms with Crippen LogP contribution in [0.25, 0.3) is 11.2 Å². The van der Waals surface area contributed by atoms with Crippen LogP contribution in [0.4, 0.5) is 13.2 Å². The number of likely N-dealkylation sites (tertiary alicyclic amines) is 1. The van der Waals surface area contributed by atoms with Crippen molar-refractivity contribution in [1.82, 2.24) is 28.6 Å². The van der Waals surface area contributed by atoms with Gasteiger partial charge in [-0.2, -0.15) is 13.2 Å². The van der Waals surface area contributed by atoms with Crippen molar-refractivity contribution < 1.29 is 18.3 Å². The summed E-state index contributed by atoms with van der Waals surface area (Å²) >= 11 is 0. The molecule has 8 nitrogen and oxygen atoms in total. The number of rotatable bonds is 7. The fourth-order valence-corrected chi connectivity index (χ4v) is 6.71. The van der Waals surface area contributed by atoms with Crippen molar-refractivity contribution in [2.45, 2.75) is 51.2 Å². The summed E-state index contributed by atoms with van der Waals surface area (Å²) in [5, 5.41) is 18.0. The lowest BCUT2D eigenvalue weighted by atomic mass is 9.66. The average molecular weight is 569 g/mol. The van der Waals surface area contributed by atoms with E-state index in [0.29, 0.717) is 23.7 Å². The number of aliphatic hydroxyl groups excluding tert-OH is 1. The Morgan fingerprint density at radius 2 is 1.98 bits per heavy atom. The first-order valence-electron chi connectivity index (χ1n) is 14.2. The molecule has 41 heavy (non-hydrogen) atoms. The van der Waals surface area contributed by atoms with E-state index in [1.807, 2.05) is 29.8 Å². The van der Waals surface area contributed by atoms with Gasteiger partial charge in [0.15, 0.2) is 0 Å². The molecule has 4 heterocycles. The van der Waals surface area contributed by atoms with Gasteiger partial charge in [0, 0.05) is 45.1 Å². The molecule has 3 aromatic heterocycles. The first kappa shape index (κ1) is 27.7. The molecule has 0 amide bonds. The highest BCUT2D eigenvalue weighted by Crippen LogP contribution is 2.46. The smallest absolute Gasteiger partial charge is 0.396 e. The third-order valence-electron chi connectivity index (χ3n) is 8.81. The van der Waals surface area contributed by atoms with Gasteiger partial charge in [0.05, 0.1) is 16.8 Å². The normalized spacial score (nSPS) is 22.6. The molecule has 1 aliphatic heterocycles. The van der Waals surface area contributed by atoms with Crippen molar-refractivity contribution in [3.8, 4) is 5.69 Å². The summed E-state index contributed by atoms with van der Waals surface area (Å²) in [6, 6.07) is 8.55. The van der Waals surface area contributed by atoms with E-state index in [0.717, 1.165) is 54.6 Å². The Bertz CT molecular complexity index is 1600. The quantitative estimate of drug-likeness (QED) is 0.352. The summed E-state index contributed by atoms with van der Waals surface area (Å²) in [5.41, 5.74) is 0.333. The zero-order valence-corrected chi connectivity index (χ0v) is 23.3. The highest BCUT2D eigenvalue weighted by atomic mass is 19.4. The first-order chi connectivity index (χ1) is 19.6. The number of hydrogen-bond donors (Lipinski definition) is 1. The largest absolute Gasteiger partial charge is 0.418 e. The van der Waals surface area contributed by atoms with Crippen molar-refractivity contribution in [3.05, 3.63) is 82.1 Å². The minimum Gasteiger partial charge on any atom is -0.396 e. The lowest BCUT2D eigenvalue weighted by molar-refractivity contribution is -0.136. The zero-order valence-electron chi connectivity index (χ0n) is 23.3. The molecule has 1 saturated carbocycles. The van der Waals surface area contributed by atoms with E-state index in [4.69, 9.17) is 0 Å². The van der Waals surface area contributed by atoms with Crippen molar-refractivity contribution in [1.29, 1.82) is 0 Å². The van der Waals surface area contributed by atoms with Crippen LogP contribution in [-0.4, -0.2) is 53.4 Å². The minimum absolute atomic E-state index is 0.123. The van der Waals surface area contributed by atoms with E-state index < -0.39 is 17.4 Å². The van der Waals surface area contributed by atoms with E-state index in [1.54, 1.807) is 18.6 Å². The van der Waals surface area contributed by atoms with E-state index in [1.165, 1.54) is 16.8 Å². The second-order valence-corrected chi connectivity index (χ2v) is 11.9. The number of benzene rings is 1. The molecule has 218 valence electrons. The molecule has 2 fully saturated rings. The van der Waals surface area contributed by atoms with Crippen LogP contribution in [0.3, 0.4) is 0 Å². The van der Waals surface area contributed by atoms with E-state index in [9.17, 15) is 23.1 Å². The van der Waals surface area contributed by atoms with Crippen molar-refractivity contribution in [2.75, 3.05) is 19.7 Å². The Hall–Kier alpha value is -3.44. The number of halogens is 3. The Morgan fingerprint density at radius 1 is 1.17 bits per heavy atom. The second-order valence-electron chi connectivity index (χ2n) is 11.9. The average Bonchev–Trinajstić information content (AvgIpc) is 3.47. The Balaban J connectivity index is 1.41. The molecular weight excluding hydrogens is 533 g/mol.